The second-order valence-electron chi connectivity index (χ2n) is 6.07. The van der Waals surface area contributed by atoms with Gasteiger partial charge in [0.25, 0.3) is 0 Å². The zero-order valence-corrected chi connectivity index (χ0v) is 13.5. The van der Waals surface area contributed by atoms with Crippen LogP contribution in [0.2, 0.25) is 0 Å². The Morgan fingerprint density at radius 1 is 1.35 bits per heavy atom. The first kappa shape index (κ1) is 15.6. The van der Waals surface area contributed by atoms with Crippen molar-refractivity contribution in [2.45, 2.75) is 32.5 Å². The van der Waals surface area contributed by atoms with Crippen molar-refractivity contribution >= 4 is 5.69 Å². The minimum absolute atomic E-state index is 0.346. The topological polar surface area (TPSA) is 56.9 Å². The van der Waals surface area contributed by atoms with Crippen LogP contribution in [0.4, 0.5) is 5.69 Å². The Balaban J connectivity index is 1.90. The molecule has 1 aromatic carbocycles. The molecule has 2 aromatic rings. The van der Waals surface area contributed by atoms with E-state index in [1.807, 2.05) is 0 Å². The first-order valence-electron chi connectivity index (χ1n) is 7.92. The molecule has 0 radical (unpaired) electrons. The summed E-state index contributed by atoms with van der Waals surface area (Å²) >= 11 is 0. The van der Waals surface area contributed by atoms with Crippen molar-refractivity contribution in [3.05, 3.63) is 58.1 Å². The number of para-hydroxylation sites is 1. The van der Waals surface area contributed by atoms with Crippen LogP contribution in [0.1, 0.15) is 24.7 Å². The minimum atomic E-state index is -0.397. The Morgan fingerprint density at radius 3 is 2.87 bits per heavy atom. The van der Waals surface area contributed by atoms with Crippen LogP contribution in [-0.2, 0) is 13.1 Å². The molecule has 5 nitrogen and oxygen atoms in total. The van der Waals surface area contributed by atoms with Crippen LogP contribution in [0, 0.1) is 0 Å². The SMILES string of the molecule is CC[C@@H]1CN(C)c2ccccc2CN1Cc1cc(=O)c(O)co1. The second-order valence-corrected chi connectivity index (χ2v) is 6.07. The normalized spacial score (nSPS) is 18.5. The van der Waals surface area contributed by atoms with Crippen LogP contribution in [0.15, 0.2) is 45.8 Å². The molecule has 23 heavy (non-hydrogen) atoms. The van der Waals surface area contributed by atoms with Gasteiger partial charge in [-0.2, -0.15) is 0 Å². The lowest BCUT2D eigenvalue weighted by molar-refractivity contribution is 0.166. The van der Waals surface area contributed by atoms with E-state index in [2.05, 4.69) is 48.0 Å². The molecule has 0 amide bonds. The Labute approximate surface area is 135 Å². The lowest BCUT2D eigenvalue weighted by atomic mass is 10.1. The Bertz CT molecular complexity index is 741. The number of likely N-dealkylation sites (N-methyl/N-ethyl adjacent to an activating group) is 1. The first-order valence-corrected chi connectivity index (χ1v) is 7.92. The average molecular weight is 314 g/mol. The van der Waals surface area contributed by atoms with Crippen LogP contribution in [0.25, 0.3) is 0 Å². The number of benzene rings is 1. The molecule has 0 spiro atoms. The van der Waals surface area contributed by atoms with Crippen LogP contribution in [0.3, 0.4) is 0 Å². The third-order valence-corrected chi connectivity index (χ3v) is 4.47. The number of hydrogen-bond acceptors (Lipinski definition) is 5. The first-order chi connectivity index (χ1) is 11.1. The molecule has 2 heterocycles. The predicted molar refractivity (Wildman–Crippen MR) is 89.7 cm³/mol. The molecule has 1 aliphatic rings. The van der Waals surface area contributed by atoms with E-state index in [0.717, 1.165) is 25.8 Å². The third kappa shape index (κ3) is 3.24. The van der Waals surface area contributed by atoms with E-state index in [1.54, 1.807) is 0 Å². The van der Waals surface area contributed by atoms with E-state index in [1.165, 1.54) is 17.3 Å². The highest BCUT2D eigenvalue weighted by Gasteiger charge is 2.25. The highest BCUT2D eigenvalue weighted by Crippen LogP contribution is 2.28. The zero-order valence-electron chi connectivity index (χ0n) is 13.5. The van der Waals surface area contributed by atoms with Crippen molar-refractivity contribution in [1.29, 1.82) is 0 Å². The van der Waals surface area contributed by atoms with Crippen LogP contribution >= 0.6 is 0 Å². The third-order valence-electron chi connectivity index (χ3n) is 4.47. The summed E-state index contributed by atoms with van der Waals surface area (Å²) < 4.78 is 5.38. The fourth-order valence-corrected chi connectivity index (χ4v) is 3.19. The van der Waals surface area contributed by atoms with Crippen molar-refractivity contribution < 1.29 is 9.52 Å². The van der Waals surface area contributed by atoms with E-state index in [0.29, 0.717) is 18.3 Å². The number of hydrogen-bond donors (Lipinski definition) is 1. The summed E-state index contributed by atoms with van der Waals surface area (Å²) in [6.45, 7) is 4.46. The van der Waals surface area contributed by atoms with Gasteiger partial charge in [0, 0.05) is 37.9 Å². The van der Waals surface area contributed by atoms with Gasteiger partial charge < -0.3 is 14.4 Å². The van der Waals surface area contributed by atoms with Gasteiger partial charge in [-0.05, 0) is 18.1 Å². The summed E-state index contributed by atoms with van der Waals surface area (Å²) in [5, 5.41) is 9.33. The highest BCUT2D eigenvalue weighted by atomic mass is 16.4. The molecule has 122 valence electrons. The maximum absolute atomic E-state index is 11.6. The molecule has 0 fully saturated rings. The largest absolute Gasteiger partial charge is 0.502 e. The molecule has 3 rings (SSSR count). The monoisotopic (exact) mass is 314 g/mol. The van der Waals surface area contributed by atoms with E-state index in [4.69, 9.17) is 4.42 Å². The van der Waals surface area contributed by atoms with Gasteiger partial charge in [0.1, 0.15) is 12.0 Å². The smallest absolute Gasteiger partial charge is 0.226 e. The molecular weight excluding hydrogens is 292 g/mol. The number of nitrogens with zero attached hydrogens (tertiary/aromatic N) is 2. The minimum Gasteiger partial charge on any atom is -0.502 e. The summed E-state index contributed by atoms with van der Waals surface area (Å²) in [6, 6.07) is 10.1. The van der Waals surface area contributed by atoms with Gasteiger partial charge in [-0.25, -0.2) is 0 Å². The van der Waals surface area contributed by atoms with Crippen molar-refractivity contribution in [1.82, 2.24) is 4.90 Å². The Morgan fingerprint density at radius 2 is 2.13 bits per heavy atom. The van der Waals surface area contributed by atoms with Gasteiger partial charge in [0.05, 0.1) is 6.54 Å². The van der Waals surface area contributed by atoms with Crippen LogP contribution < -0.4 is 10.3 Å². The zero-order chi connectivity index (χ0) is 16.4. The summed E-state index contributed by atoms with van der Waals surface area (Å²) in [5.74, 6) is 0.232. The van der Waals surface area contributed by atoms with Crippen molar-refractivity contribution in [3.63, 3.8) is 0 Å². The van der Waals surface area contributed by atoms with E-state index in [-0.39, 0.29) is 5.75 Å². The van der Waals surface area contributed by atoms with Crippen LogP contribution in [0.5, 0.6) is 5.75 Å². The van der Waals surface area contributed by atoms with E-state index in [9.17, 15) is 9.90 Å². The summed E-state index contributed by atoms with van der Waals surface area (Å²) in [4.78, 5) is 16.2. The lowest BCUT2D eigenvalue weighted by Gasteiger charge is -2.30. The molecule has 5 heteroatoms. The number of fused-ring (bicyclic) bond motifs is 1. The van der Waals surface area contributed by atoms with Crippen molar-refractivity contribution in [2.24, 2.45) is 0 Å². The van der Waals surface area contributed by atoms with Crippen LogP contribution in [-0.4, -0.2) is 29.6 Å². The summed E-state index contributed by atoms with van der Waals surface area (Å²) in [7, 11) is 2.12. The van der Waals surface area contributed by atoms with Gasteiger partial charge in [0.2, 0.25) is 5.43 Å². The Kier molecular flexibility index (Phi) is 4.39. The maximum atomic E-state index is 11.6. The predicted octanol–water partition coefficient (Wildman–Crippen LogP) is 2.58. The highest BCUT2D eigenvalue weighted by molar-refractivity contribution is 5.54. The molecule has 1 atom stereocenters. The van der Waals surface area contributed by atoms with E-state index < -0.39 is 5.43 Å². The molecule has 1 N–H and O–H groups in total. The fourth-order valence-electron chi connectivity index (χ4n) is 3.19. The second kappa shape index (κ2) is 6.46. The lowest BCUT2D eigenvalue weighted by Crippen LogP contribution is -2.39. The Hall–Kier alpha value is -2.27. The van der Waals surface area contributed by atoms with Crippen molar-refractivity contribution in [3.8, 4) is 5.75 Å². The van der Waals surface area contributed by atoms with Gasteiger partial charge in [-0.1, -0.05) is 25.1 Å². The van der Waals surface area contributed by atoms with Crippen molar-refractivity contribution in [2.75, 3.05) is 18.5 Å². The van der Waals surface area contributed by atoms with Gasteiger partial charge in [-0.3, -0.25) is 9.69 Å². The average Bonchev–Trinajstić information content (AvgIpc) is 2.68. The van der Waals surface area contributed by atoms with Gasteiger partial charge >= 0.3 is 0 Å². The number of aromatic hydroxyl groups is 1. The number of anilines is 1. The van der Waals surface area contributed by atoms with Gasteiger partial charge in [-0.15, -0.1) is 0 Å². The molecule has 0 saturated carbocycles. The molecule has 1 aliphatic heterocycles. The molecule has 0 unspecified atom stereocenters. The van der Waals surface area contributed by atoms with E-state index >= 15 is 0 Å². The molecule has 0 saturated heterocycles. The molecule has 0 bridgehead atoms. The van der Waals surface area contributed by atoms with Gasteiger partial charge in [0.15, 0.2) is 5.75 Å². The summed E-state index contributed by atoms with van der Waals surface area (Å²) in [5.41, 5.74) is 2.12. The maximum Gasteiger partial charge on any atom is 0.226 e. The fraction of sp³-hybridized carbons (Fsp3) is 0.389. The number of rotatable bonds is 3. The molecule has 0 aliphatic carbocycles. The molecule has 1 aromatic heterocycles. The summed E-state index contributed by atoms with van der Waals surface area (Å²) in [6.07, 6.45) is 2.14. The quantitative estimate of drug-likeness (QED) is 0.943. The standard InChI is InChI=1S/C18H22N2O3/c1-3-14-10-19(2)16-7-5-4-6-13(16)9-20(14)11-15-8-17(21)18(22)12-23-15/h4-8,12,14,22H,3,9-11H2,1-2H3/t14-/m1/s1. The molecular formula is C18H22N2O3.